The standard InChI is InChI=1S/C16H15BrN4O5/c1-2-25-15(22)10-26-14-6-5-12(17)8-11(14)9-19-20-16-13(21(23)24)4-3-7-18-16/h3-9H,2,10H2,1H3,(H,18,20)/b19-9-. The van der Waals surface area contributed by atoms with Crippen molar-refractivity contribution >= 4 is 39.6 Å². The van der Waals surface area contributed by atoms with E-state index in [1.165, 1.54) is 24.5 Å². The van der Waals surface area contributed by atoms with E-state index in [-0.39, 0.29) is 24.7 Å². The molecule has 136 valence electrons. The van der Waals surface area contributed by atoms with Crippen LogP contribution in [0.4, 0.5) is 11.5 Å². The third-order valence-electron chi connectivity index (χ3n) is 2.98. The quantitative estimate of drug-likeness (QED) is 0.300. The number of pyridine rings is 1. The summed E-state index contributed by atoms with van der Waals surface area (Å²) in [6.07, 6.45) is 2.82. The molecule has 1 aromatic carbocycles. The van der Waals surface area contributed by atoms with Crippen molar-refractivity contribution in [2.75, 3.05) is 18.6 Å². The van der Waals surface area contributed by atoms with Crippen molar-refractivity contribution < 1.29 is 19.2 Å². The molecule has 1 aromatic heterocycles. The SMILES string of the molecule is CCOC(=O)COc1ccc(Br)cc1/C=N\Nc1ncccc1[N+](=O)[O-]. The monoisotopic (exact) mass is 422 g/mol. The summed E-state index contributed by atoms with van der Waals surface area (Å²) >= 11 is 3.34. The Labute approximate surface area is 157 Å². The molecule has 0 aliphatic carbocycles. The van der Waals surface area contributed by atoms with Gasteiger partial charge in [-0.25, -0.2) is 9.78 Å². The molecule has 26 heavy (non-hydrogen) atoms. The van der Waals surface area contributed by atoms with Crippen molar-refractivity contribution in [1.82, 2.24) is 4.98 Å². The average molecular weight is 423 g/mol. The van der Waals surface area contributed by atoms with Gasteiger partial charge in [-0.1, -0.05) is 15.9 Å². The Bertz CT molecular complexity index is 828. The largest absolute Gasteiger partial charge is 0.481 e. The second-order valence-corrected chi connectivity index (χ2v) is 5.69. The molecule has 0 saturated heterocycles. The lowest BCUT2D eigenvalue weighted by atomic mass is 10.2. The first-order valence-corrected chi connectivity index (χ1v) is 8.27. The number of hydrogen-bond donors (Lipinski definition) is 1. The van der Waals surface area contributed by atoms with Crippen molar-refractivity contribution in [3.05, 3.63) is 56.7 Å². The van der Waals surface area contributed by atoms with Gasteiger partial charge in [0.1, 0.15) is 5.75 Å². The van der Waals surface area contributed by atoms with Crippen LogP contribution in [0.3, 0.4) is 0 Å². The Kier molecular flexibility index (Phi) is 7.03. The highest BCUT2D eigenvalue weighted by Gasteiger charge is 2.13. The molecule has 0 radical (unpaired) electrons. The van der Waals surface area contributed by atoms with E-state index >= 15 is 0 Å². The first-order valence-electron chi connectivity index (χ1n) is 7.47. The number of benzene rings is 1. The minimum Gasteiger partial charge on any atom is -0.481 e. The van der Waals surface area contributed by atoms with Gasteiger partial charge < -0.3 is 9.47 Å². The zero-order valence-corrected chi connectivity index (χ0v) is 15.3. The predicted molar refractivity (Wildman–Crippen MR) is 98.4 cm³/mol. The molecule has 0 unspecified atom stereocenters. The highest BCUT2D eigenvalue weighted by molar-refractivity contribution is 9.10. The highest BCUT2D eigenvalue weighted by Crippen LogP contribution is 2.23. The fraction of sp³-hybridized carbons (Fsp3) is 0.188. The number of ether oxygens (including phenoxy) is 2. The van der Waals surface area contributed by atoms with Gasteiger partial charge in [-0.2, -0.15) is 5.10 Å². The lowest BCUT2D eigenvalue weighted by molar-refractivity contribution is -0.384. The summed E-state index contributed by atoms with van der Waals surface area (Å²) in [4.78, 5) is 25.7. The minimum atomic E-state index is -0.558. The summed E-state index contributed by atoms with van der Waals surface area (Å²) in [5.74, 6) is -0.0689. The van der Waals surface area contributed by atoms with E-state index in [9.17, 15) is 14.9 Å². The van der Waals surface area contributed by atoms with Crippen LogP contribution in [0, 0.1) is 10.1 Å². The molecule has 0 saturated carbocycles. The number of hydrogen-bond acceptors (Lipinski definition) is 8. The molecule has 0 aliphatic heterocycles. The number of carbonyl (C=O) groups excluding carboxylic acids is 1. The third-order valence-corrected chi connectivity index (χ3v) is 3.47. The molecule has 0 spiro atoms. The van der Waals surface area contributed by atoms with Crippen LogP contribution in [0.1, 0.15) is 12.5 Å². The summed E-state index contributed by atoms with van der Waals surface area (Å²) in [6.45, 7) is 1.73. The smallest absolute Gasteiger partial charge is 0.344 e. The number of aromatic nitrogens is 1. The van der Waals surface area contributed by atoms with Crippen LogP contribution < -0.4 is 10.2 Å². The van der Waals surface area contributed by atoms with Crippen LogP contribution in [-0.2, 0) is 9.53 Å². The van der Waals surface area contributed by atoms with Crippen LogP contribution in [0.2, 0.25) is 0 Å². The predicted octanol–water partition coefficient (Wildman–Crippen LogP) is 3.14. The number of halogens is 1. The van der Waals surface area contributed by atoms with Gasteiger partial charge in [0.15, 0.2) is 6.61 Å². The molecule has 10 heteroatoms. The molecule has 2 rings (SSSR count). The normalized spacial score (nSPS) is 10.5. The number of nitrogens with one attached hydrogen (secondary N) is 1. The summed E-state index contributed by atoms with van der Waals surface area (Å²) in [5, 5.41) is 14.9. The van der Waals surface area contributed by atoms with Gasteiger partial charge in [-0.3, -0.25) is 15.5 Å². The Hall–Kier alpha value is -3.01. The number of hydrazone groups is 1. The number of nitrogens with zero attached hydrogens (tertiary/aromatic N) is 3. The maximum atomic E-state index is 11.4. The van der Waals surface area contributed by atoms with E-state index in [1.807, 2.05) is 0 Å². The zero-order chi connectivity index (χ0) is 18.9. The first kappa shape index (κ1) is 19.3. The van der Waals surface area contributed by atoms with Gasteiger partial charge in [0, 0.05) is 22.3 Å². The van der Waals surface area contributed by atoms with E-state index in [1.54, 1.807) is 25.1 Å². The summed E-state index contributed by atoms with van der Waals surface area (Å²) in [7, 11) is 0. The van der Waals surface area contributed by atoms with E-state index in [0.717, 1.165) is 4.47 Å². The maximum Gasteiger partial charge on any atom is 0.344 e. The lowest BCUT2D eigenvalue weighted by Crippen LogP contribution is -2.15. The van der Waals surface area contributed by atoms with Gasteiger partial charge in [0.05, 0.1) is 17.7 Å². The van der Waals surface area contributed by atoms with Crippen molar-refractivity contribution in [3.8, 4) is 5.75 Å². The first-order chi connectivity index (χ1) is 12.5. The topological polar surface area (TPSA) is 116 Å². The number of nitro groups is 1. The van der Waals surface area contributed by atoms with E-state index in [4.69, 9.17) is 9.47 Å². The van der Waals surface area contributed by atoms with Crippen LogP contribution >= 0.6 is 15.9 Å². The van der Waals surface area contributed by atoms with E-state index < -0.39 is 10.9 Å². The Balaban J connectivity index is 2.13. The van der Waals surface area contributed by atoms with Crippen molar-refractivity contribution in [3.63, 3.8) is 0 Å². The maximum absolute atomic E-state index is 11.4. The molecule has 2 aromatic rings. The number of esters is 1. The summed E-state index contributed by atoms with van der Waals surface area (Å²) < 4.78 is 11.0. The fourth-order valence-electron chi connectivity index (χ4n) is 1.88. The fourth-order valence-corrected chi connectivity index (χ4v) is 2.26. The van der Waals surface area contributed by atoms with Crippen LogP contribution in [0.25, 0.3) is 0 Å². The van der Waals surface area contributed by atoms with Gasteiger partial charge >= 0.3 is 11.7 Å². The van der Waals surface area contributed by atoms with Crippen LogP contribution in [-0.4, -0.2) is 35.3 Å². The van der Waals surface area contributed by atoms with Gasteiger partial charge in [0.2, 0.25) is 5.82 Å². The molecule has 0 atom stereocenters. The van der Waals surface area contributed by atoms with Crippen molar-refractivity contribution in [2.45, 2.75) is 6.92 Å². The Morgan fingerprint density at radius 2 is 2.27 bits per heavy atom. The molecule has 0 aliphatic rings. The molecule has 9 nitrogen and oxygen atoms in total. The molecule has 1 N–H and O–H groups in total. The van der Waals surface area contributed by atoms with Crippen molar-refractivity contribution in [1.29, 1.82) is 0 Å². The average Bonchev–Trinajstić information content (AvgIpc) is 2.61. The molecule has 1 heterocycles. The van der Waals surface area contributed by atoms with Crippen LogP contribution in [0.5, 0.6) is 5.75 Å². The number of rotatable bonds is 8. The summed E-state index contributed by atoms with van der Waals surface area (Å²) in [6, 6.07) is 7.90. The Morgan fingerprint density at radius 1 is 1.46 bits per heavy atom. The molecular formula is C16H15BrN4O5. The van der Waals surface area contributed by atoms with Crippen LogP contribution in [0.15, 0.2) is 46.1 Å². The lowest BCUT2D eigenvalue weighted by Gasteiger charge is -2.09. The van der Waals surface area contributed by atoms with Gasteiger partial charge in [-0.05, 0) is 31.2 Å². The van der Waals surface area contributed by atoms with Gasteiger partial charge in [-0.15, -0.1) is 0 Å². The second-order valence-electron chi connectivity index (χ2n) is 4.77. The van der Waals surface area contributed by atoms with Gasteiger partial charge in [0.25, 0.3) is 0 Å². The van der Waals surface area contributed by atoms with E-state index in [0.29, 0.717) is 11.3 Å². The number of carbonyl (C=O) groups is 1. The van der Waals surface area contributed by atoms with E-state index in [2.05, 4.69) is 31.4 Å². The minimum absolute atomic E-state index is 0.0118. The molecule has 0 bridgehead atoms. The highest BCUT2D eigenvalue weighted by atomic mass is 79.9. The molecule has 0 fully saturated rings. The molecular weight excluding hydrogens is 408 g/mol. The van der Waals surface area contributed by atoms with Crippen molar-refractivity contribution in [2.24, 2.45) is 5.10 Å². The number of anilines is 1. The third kappa shape index (κ3) is 5.52. The second kappa shape index (κ2) is 9.47. The summed E-state index contributed by atoms with van der Waals surface area (Å²) in [5.41, 5.74) is 2.88. The Morgan fingerprint density at radius 3 is 3.00 bits per heavy atom. The molecule has 0 amide bonds. The zero-order valence-electron chi connectivity index (χ0n) is 13.7.